The average molecular weight is 293 g/mol. The molecule has 0 aliphatic heterocycles. The van der Waals surface area contributed by atoms with E-state index in [2.05, 4.69) is 10.5 Å². The predicted octanol–water partition coefficient (Wildman–Crippen LogP) is 2.11. The second-order valence-corrected chi connectivity index (χ2v) is 4.38. The van der Waals surface area contributed by atoms with Crippen LogP contribution in [0.3, 0.4) is 0 Å². The van der Waals surface area contributed by atoms with E-state index in [1.54, 1.807) is 36.6 Å². The van der Waals surface area contributed by atoms with Gasteiger partial charge >= 0.3 is 6.09 Å². The van der Waals surface area contributed by atoms with Gasteiger partial charge in [0.25, 0.3) is 5.91 Å². The van der Waals surface area contributed by atoms with Gasteiger partial charge in [0, 0.05) is 0 Å². The molecule has 20 heavy (non-hydrogen) atoms. The molecule has 2 rings (SSSR count). The molecule has 0 spiro atoms. The van der Waals surface area contributed by atoms with Crippen molar-refractivity contribution in [2.45, 2.75) is 5.03 Å². The first kappa shape index (κ1) is 13.9. The van der Waals surface area contributed by atoms with Gasteiger partial charge in [-0.25, -0.2) is 4.79 Å². The van der Waals surface area contributed by atoms with E-state index >= 15 is 0 Å². The maximum Gasteiger partial charge on any atom is 0.419 e. The summed E-state index contributed by atoms with van der Waals surface area (Å²) in [6.07, 6.45) is 0.901. The Morgan fingerprint density at radius 2 is 2.05 bits per heavy atom. The Hall–Kier alpha value is -2.48. The third-order valence-corrected chi connectivity index (χ3v) is 2.94. The minimum atomic E-state index is -0.803. The molecule has 1 aromatic carbocycles. The summed E-state index contributed by atoms with van der Waals surface area (Å²) in [6.45, 7) is 0. The van der Waals surface area contributed by atoms with Crippen LogP contribution < -0.4 is 15.8 Å². The summed E-state index contributed by atoms with van der Waals surface area (Å²) in [5.41, 5.74) is 5.24. The van der Waals surface area contributed by atoms with E-state index in [9.17, 15) is 9.59 Å². The number of para-hydroxylation sites is 1. The number of hydrogen-bond acceptors (Lipinski definition) is 6. The summed E-state index contributed by atoms with van der Waals surface area (Å²) in [7, 11) is 0. The Kier molecular flexibility index (Phi) is 4.26. The molecule has 0 aliphatic rings. The van der Waals surface area contributed by atoms with E-state index < -0.39 is 12.0 Å². The second kappa shape index (κ2) is 6.11. The zero-order chi connectivity index (χ0) is 14.5. The predicted molar refractivity (Wildman–Crippen MR) is 72.9 cm³/mol. The van der Waals surface area contributed by atoms with Gasteiger partial charge in [-0.05, 0) is 18.4 Å². The van der Waals surface area contributed by atoms with E-state index in [0.29, 0.717) is 10.8 Å². The fourth-order valence-electron chi connectivity index (χ4n) is 1.43. The van der Waals surface area contributed by atoms with E-state index in [1.165, 1.54) is 11.8 Å². The van der Waals surface area contributed by atoms with Crippen molar-refractivity contribution >= 4 is 29.6 Å². The van der Waals surface area contributed by atoms with Crippen LogP contribution in [-0.4, -0.2) is 23.4 Å². The number of benzene rings is 1. The number of hydrogen-bond donors (Lipinski definition) is 2. The third-order valence-electron chi connectivity index (χ3n) is 2.27. The van der Waals surface area contributed by atoms with Gasteiger partial charge in [-0.2, -0.15) is 0 Å². The Labute approximate surface area is 118 Å². The van der Waals surface area contributed by atoms with Gasteiger partial charge < -0.3 is 15.0 Å². The van der Waals surface area contributed by atoms with Crippen LogP contribution in [0, 0.1) is 0 Å². The molecular formula is C12H11N3O4S. The highest BCUT2D eigenvalue weighted by Gasteiger charge is 2.22. The number of thioether (sulfide) groups is 1. The molecule has 0 unspecified atom stereocenters. The lowest BCUT2D eigenvalue weighted by molar-refractivity contribution is 0.0998. The molecule has 2 aromatic rings. The summed E-state index contributed by atoms with van der Waals surface area (Å²) in [6, 6.07) is 8.46. The minimum absolute atomic E-state index is 0.0162. The Bertz CT molecular complexity index is 627. The summed E-state index contributed by atoms with van der Waals surface area (Å²) in [5.74, 6) is -0.524. The Morgan fingerprint density at radius 1 is 1.35 bits per heavy atom. The summed E-state index contributed by atoms with van der Waals surface area (Å²) >= 11 is 1.18. The van der Waals surface area contributed by atoms with Gasteiger partial charge in [-0.1, -0.05) is 23.4 Å². The number of nitrogens with zero attached hydrogens (tertiary/aromatic N) is 1. The first-order chi connectivity index (χ1) is 9.61. The van der Waals surface area contributed by atoms with Crippen LogP contribution in [0.5, 0.6) is 5.75 Å². The monoisotopic (exact) mass is 293 g/mol. The lowest BCUT2D eigenvalue weighted by Crippen LogP contribution is -2.20. The maximum atomic E-state index is 11.7. The van der Waals surface area contributed by atoms with Crippen molar-refractivity contribution in [3.63, 3.8) is 0 Å². The lowest BCUT2D eigenvalue weighted by atomic mass is 10.3. The first-order valence-electron chi connectivity index (χ1n) is 5.49. The molecule has 2 amide bonds. The van der Waals surface area contributed by atoms with Crippen LogP contribution in [0.4, 0.5) is 10.7 Å². The van der Waals surface area contributed by atoms with E-state index in [4.69, 9.17) is 15.0 Å². The van der Waals surface area contributed by atoms with E-state index in [0.717, 1.165) is 0 Å². The molecule has 0 bridgehead atoms. The molecule has 0 fully saturated rings. The number of ether oxygens (including phenoxy) is 1. The normalized spacial score (nSPS) is 10.1. The van der Waals surface area contributed by atoms with Crippen LogP contribution in [0.1, 0.15) is 10.4 Å². The van der Waals surface area contributed by atoms with Crippen molar-refractivity contribution < 1.29 is 18.8 Å². The number of rotatable bonds is 4. The quantitative estimate of drug-likeness (QED) is 0.836. The SMILES string of the molecule is CSc1noc(NC(=O)Oc2ccccc2)c1C(N)=O. The van der Waals surface area contributed by atoms with Crippen LogP contribution in [0.15, 0.2) is 39.9 Å². The number of anilines is 1. The molecule has 7 nitrogen and oxygen atoms in total. The van der Waals surface area contributed by atoms with Gasteiger partial charge in [0.2, 0.25) is 5.88 Å². The zero-order valence-electron chi connectivity index (χ0n) is 10.5. The molecule has 104 valence electrons. The summed E-state index contributed by atoms with van der Waals surface area (Å²) in [5, 5.41) is 6.22. The van der Waals surface area contributed by atoms with Crippen molar-refractivity contribution in [2.75, 3.05) is 11.6 Å². The number of aromatic nitrogens is 1. The number of amides is 2. The van der Waals surface area contributed by atoms with Crippen LogP contribution >= 0.6 is 11.8 Å². The molecule has 1 heterocycles. The van der Waals surface area contributed by atoms with Crippen molar-refractivity contribution in [3.8, 4) is 5.75 Å². The summed E-state index contributed by atoms with van der Waals surface area (Å²) in [4.78, 5) is 23.0. The van der Waals surface area contributed by atoms with Crippen molar-refractivity contribution in [1.82, 2.24) is 5.16 Å². The number of carbonyl (C=O) groups is 2. The van der Waals surface area contributed by atoms with Crippen LogP contribution in [-0.2, 0) is 0 Å². The topological polar surface area (TPSA) is 107 Å². The molecule has 0 radical (unpaired) electrons. The molecular weight excluding hydrogens is 282 g/mol. The zero-order valence-corrected chi connectivity index (χ0v) is 11.3. The lowest BCUT2D eigenvalue weighted by Gasteiger charge is -2.04. The van der Waals surface area contributed by atoms with Gasteiger partial charge in [0.15, 0.2) is 5.03 Å². The van der Waals surface area contributed by atoms with Crippen molar-refractivity contribution in [1.29, 1.82) is 0 Å². The maximum absolute atomic E-state index is 11.7. The Balaban J connectivity index is 2.12. The van der Waals surface area contributed by atoms with Crippen molar-refractivity contribution in [3.05, 3.63) is 35.9 Å². The largest absolute Gasteiger partial charge is 0.419 e. The van der Waals surface area contributed by atoms with Gasteiger partial charge in [-0.15, -0.1) is 11.8 Å². The van der Waals surface area contributed by atoms with E-state index in [-0.39, 0.29) is 11.4 Å². The highest BCUT2D eigenvalue weighted by Crippen LogP contribution is 2.26. The second-order valence-electron chi connectivity index (χ2n) is 3.59. The first-order valence-corrected chi connectivity index (χ1v) is 6.71. The molecule has 0 aliphatic carbocycles. The number of primary amides is 1. The summed E-state index contributed by atoms with van der Waals surface area (Å²) < 4.78 is 9.87. The standard InChI is InChI=1S/C12H11N3O4S/c1-20-11-8(9(13)16)10(19-15-11)14-12(17)18-7-5-3-2-4-6-7/h2-6H,1H3,(H2,13,16)(H,14,17). The molecule has 0 saturated heterocycles. The highest BCUT2D eigenvalue weighted by molar-refractivity contribution is 7.98. The fraction of sp³-hybridized carbons (Fsp3) is 0.0833. The molecule has 0 saturated carbocycles. The van der Waals surface area contributed by atoms with Crippen LogP contribution in [0.25, 0.3) is 0 Å². The molecule has 8 heteroatoms. The minimum Gasteiger partial charge on any atom is -0.410 e. The number of carbonyl (C=O) groups excluding carboxylic acids is 2. The highest BCUT2D eigenvalue weighted by atomic mass is 32.2. The third kappa shape index (κ3) is 3.09. The van der Waals surface area contributed by atoms with E-state index in [1.807, 2.05) is 0 Å². The molecule has 3 N–H and O–H groups in total. The van der Waals surface area contributed by atoms with Gasteiger partial charge in [0.05, 0.1) is 0 Å². The smallest absolute Gasteiger partial charge is 0.410 e. The van der Waals surface area contributed by atoms with Crippen molar-refractivity contribution in [2.24, 2.45) is 5.73 Å². The van der Waals surface area contributed by atoms with Gasteiger partial charge in [0.1, 0.15) is 11.3 Å². The molecule has 0 atom stereocenters. The average Bonchev–Trinajstić information content (AvgIpc) is 2.82. The molecule has 1 aromatic heterocycles. The van der Waals surface area contributed by atoms with Crippen LogP contribution in [0.2, 0.25) is 0 Å². The Morgan fingerprint density at radius 3 is 2.65 bits per heavy atom. The number of nitrogens with two attached hydrogens (primary N) is 1. The van der Waals surface area contributed by atoms with Gasteiger partial charge in [-0.3, -0.25) is 10.1 Å². The number of nitrogens with one attached hydrogen (secondary N) is 1. The fourth-order valence-corrected chi connectivity index (χ4v) is 1.94.